The highest BCUT2D eigenvalue weighted by molar-refractivity contribution is 5.95. The lowest BCUT2D eigenvalue weighted by molar-refractivity contribution is 0.0696. The number of rotatable bonds is 8. The number of pyridine rings is 1. The van der Waals surface area contributed by atoms with Gasteiger partial charge in [0.25, 0.3) is 5.91 Å². The highest BCUT2D eigenvalue weighted by Gasteiger charge is 2.20. The van der Waals surface area contributed by atoms with Gasteiger partial charge in [-0.15, -0.1) is 0 Å². The predicted octanol–water partition coefficient (Wildman–Crippen LogP) is 1.33. The Balaban J connectivity index is 1.68. The van der Waals surface area contributed by atoms with Gasteiger partial charge in [-0.25, -0.2) is 4.79 Å². The number of aromatic carboxylic acids is 1. The summed E-state index contributed by atoms with van der Waals surface area (Å²) in [4.78, 5) is 26.4. The first-order chi connectivity index (χ1) is 9.66. The molecule has 0 bridgehead atoms. The monoisotopic (exact) mass is 278 g/mol. The van der Waals surface area contributed by atoms with Gasteiger partial charge in [0.1, 0.15) is 5.69 Å². The van der Waals surface area contributed by atoms with Crippen LogP contribution in [-0.2, 0) is 4.74 Å². The fraction of sp³-hybridized carbons (Fsp3) is 0.500. The van der Waals surface area contributed by atoms with Crippen molar-refractivity contribution < 1.29 is 19.4 Å². The summed E-state index contributed by atoms with van der Waals surface area (Å²) in [6.45, 7) is 1.93. The van der Waals surface area contributed by atoms with E-state index in [1.165, 1.54) is 31.2 Å². The van der Waals surface area contributed by atoms with Gasteiger partial charge >= 0.3 is 5.97 Å². The molecule has 6 nitrogen and oxygen atoms in total. The minimum absolute atomic E-state index is 0.0536. The van der Waals surface area contributed by atoms with Gasteiger partial charge in [0.05, 0.1) is 5.56 Å². The van der Waals surface area contributed by atoms with Crippen LogP contribution in [-0.4, -0.2) is 41.7 Å². The van der Waals surface area contributed by atoms with E-state index in [1.54, 1.807) is 0 Å². The van der Waals surface area contributed by atoms with Crippen LogP contribution >= 0.6 is 0 Å². The average molecular weight is 278 g/mol. The Kier molecular flexibility index (Phi) is 5.06. The molecule has 2 rings (SSSR count). The summed E-state index contributed by atoms with van der Waals surface area (Å²) in [6, 6.07) is 2.62. The number of hydrogen-bond acceptors (Lipinski definition) is 4. The standard InChI is InChI=1S/C14H18N2O4/c17-13(12-8-11(14(18)19)4-6-15-12)16-5-1-7-20-9-10-2-3-10/h4,6,8,10H,1-3,5,7,9H2,(H,16,17)(H,18,19). The Morgan fingerprint density at radius 1 is 1.45 bits per heavy atom. The van der Waals surface area contributed by atoms with Crippen molar-refractivity contribution in [3.63, 3.8) is 0 Å². The summed E-state index contributed by atoms with van der Waals surface area (Å²) >= 11 is 0. The smallest absolute Gasteiger partial charge is 0.335 e. The Bertz CT molecular complexity index is 486. The molecule has 0 atom stereocenters. The fourth-order valence-electron chi connectivity index (χ4n) is 1.69. The highest BCUT2D eigenvalue weighted by Crippen LogP contribution is 2.28. The number of hydrogen-bond donors (Lipinski definition) is 2. The van der Waals surface area contributed by atoms with Crippen LogP contribution in [0.15, 0.2) is 18.3 Å². The lowest BCUT2D eigenvalue weighted by Crippen LogP contribution is -2.26. The third-order valence-corrected chi connectivity index (χ3v) is 3.04. The van der Waals surface area contributed by atoms with Crippen molar-refractivity contribution in [2.45, 2.75) is 19.3 Å². The third-order valence-electron chi connectivity index (χ3n) is 3.04. The number of aromatic nitrogens is 1. The number of amides is 1. The summed E-state index contributed by atoms with van der Waals surface area (Å²) in [6.07, 6.45) is 4.58. The van der Waals surface area contributed by atoms with Crippen LogP contribution in [0.25, 0.3) is 0 Å². The molecular weight excluding hydrogens is 260 g/mol. The molecule has 0 aromatic carbocycles. The molecule has 1 heterocycles. The summed E-state index contributed by atoms with van der Waals surface area (Å²) in [5, 5.41) is 11.5. The van der Waals surface area contributed by atoms with Crippen LogP contribution < -0.4 is 5.32 Å². The van der Waals surface area contributed by atoms with Gasteiger partial charge in [-0.05, 0) is 37.3 Å². The molecule has 0 aliphatic heterocycles. The molecule has 1 aliphatic rings. The van der Waals surface area contributed by atoms with E-state index in [0.29, 0.717) is 13.2 Å². The number of carbonyl (C=O) groups is 2. The molecule has 0 radical (unpaired) electrons. The van der Waals surface area contributed by atoms with Gasteiger partial charge in [0.2, 0.25) is 0 Å². The van der Waals surface area contributed by atoms with Crippen molar-refractivity contribution >= 4 is 11.9 Å². The normalized spacial score (nSPS) is 14.0. The molecule has 0 unspecified atom stereocenters. The van der Waals surface area contributed by atoms with E-state index in [1.807, 2.05) is 0 Å². The first-order valence-corrected chi connectivity index (χ1v) is 6.72. The SMILES string of the molecule is O=C(O)c1ccnc(C(=O)NCCCOCC2CC2)c1. The molecule has 0 saturated heterocycles. The summed E-state index contributed by atoms with van der Waals surface area (Å²) in [5.41, 5.74) is 0.168. The molecule has 1 saturated carbocycles. The average Bonchev–Trinajstić information content (AvgIpc) is 3.26. The fourth-order valence-corrected chi connectivity index (χ4v) is 1.69. The van der Waals surface area contributed by atoms with Gasteiger partial charge in [-0.2, -0.15) is 0 Å². The van der Waals surface area contributed by atoms with Crippen LogP contribution in [0, 0.1) is 5.92 Å². The maximum Gasteiger partial charge on any atom is 0.335 e. The van der Waals surface area contributed by atoms with Crippen molar-refractivity contribution in [1.29, 1.82) is 0 Å². The van der Waals surface area contributed by atoms with Crippen molar-refractivity contribution in [3.8, 4) is 0 Å². The lowest BCUT2D eigenvalue weighted by Gasteiger charge is -2.06. The van der Waals surface area contributed by atoms with Crippen LogP contribution in [0.4, 0.5) is 0 Å². The summed E-state index contributed by atoms with van der Waals surface area (Å²) < 4.78 is 5.45. The lowest BCUT2D eigenvalue weighted by atomic mass is 10.2. The second kappa shape index (κ2) is 7.00. The second-order valence-corrected chi connectivity index (χ2v) is 4.86. The van der Waals surface area contributed by atoms with Crippen LogP contribution in [0.2, 0.25) is 0 Å². The first kappa shape index (κ1) is 14.5. The van der Waals surface area contributed by atoms with E-state index in [9.17, 15) is 9.59 Å². The van der Waals surface area contributed by atoms with Crippen LogP contribution in [0.3, 0.4) is 0 Å². The maximum atomic E-state index is 11.8. The molecular formula is C14H18N2O4. The number of carboxylic acids is 1. The largest absolute Gasteiger partial charge is 0.478 e. The highest BCUT2D eigenvalue weighted by atomic mass is 16.5. The van der Waals surface area contributed by atoms with E-state index in [2.05, 4.69) is 10.3 Å². The summed E-state index contributed by atoms with van der Waals surface area (Å²) in [5.74, 6) is -0.697. The molecule has 1 aliphatic carbocycles. The van der Waals surface area contributed by atoms with Crippen molar-refractivity contribution in [3.05, 3.63) is 29.6 Å². The number of nitrogens with zero attached hydrogens (tertiary/aromatic N) is 1. The van der Waals surface area contributed by atoms with E-state index in [-0.39, 0.29) is 17.2 Å². The van der Waals surface area contributed by atoms with E-state index in [0.717, 1.165) is 18.9 Å². The van der Waals surface area contributed by atoms with Crippen LogP contribution in [0.5, 0.6) is 0 Å². The molecule has 20 heavy (non-hydrogen) atoms. The van der Waals surface area contributed by atoms with Gasteiger partial charge in [0.15, 0.2) is 0 Å². The molecule has 0 spiro atoms. The Labute approximate surface area is 117 Å². The number of carbonyl (C=O) groups excluding carboxylic acids is 1. The zero-order valence-electron chi connectivity index (χ0n) is 11.2. The van der Waals surface area contributed by atoms with Crippen molar-refractivity contribution in [2.75, 3.05) is 19.8 Å². The van der Waals surface area contributed by atoms with Crippen molar-refractivity contribution in [1.82, 2.24) is 10.3 Å². The molecule has 1 fully saturated rings. The van der Waals surface area contributed by atoms with Gasteiger partial charge in [0, 0.05) is 26.0 Å². The zero-order chi connectivity index (χ0) is 14.4. The Hall–Kier alpha value is -1.95. The molecule has 1 amide bonds. The molecule has 2 N–H and O–H groups in total. The Morgan fingerprint density at radius 2 is 2.25 bits per heavy atom. The molecule has 6 heteroatoms. The molecule has 1 aromatic heterocycles. The molecule has 1 aromatic rings. The van der Waals surface area contributed by atoms with Gasteiger partial charge < -0.3 is 15.2 Å². The molecule has 108 valence electrons. The van der Waals surface area contributed by atoms with Crippen molar-refractivity contribution in [2.24, 2.45) is 5.92 Å². The number of nitrogens with one attached hydrogen (secondary N) is 1. The third kappa shape index (κ3) is 4.62. The minimum atomic E-state index is -1.07. The van der Waals surface area contributed by atoms with E-state index < -0.39 is 5.97 Å². The van der Waals surface area contributed by atoms with E-state index in [4.69, 9.17) is 9.84 Å². The first-order valence-electron chi connectivity index (χ1n) is 6.72. The van der Waals surface area contributed by atoms with Gasteiger partial charge in [-0.3, -0.25) is 9.78 Å². The zero-order valence-corrected chi connectivity index (χ0v) is 11.2. The number of carboxylic acid groups (broad SMARTS) is 1. The minimum Gasteiger partial charge on any atom is -0.478 e. The second-order valence-electron chi connectivity index (χ2n) is 4.86. The quantitative estimate of drug-likeness (QED) is 0.700. The van der Waals surface area contributed by atoms with E-state index >= 15 is 0 Å². The number of ether oxygens (including phenoxy) is 1. The summed E-state index contributed by atoms with van der Waals surface area (Å²) in [7, 11) is 0. The predicted molar refractivity (Wildman–Crippen MR) is 71.7 cm³/mol. The van der Waals surface area contributed by atoms with Crippen LogP contribution in [0.1, 0.15) is 40.1 Å². The maximum absolute atomic E-state index is 11.8. The van der Waals surface area contributed by atoms with Gasteiger partial charge in [-0.1, -0.05) is 0 Å². The Morgan fingerprint density at radius 3 is 2.95 bits per heavy atom. The topological polar surface area (TPSA) is 88.5 Å².